The number of carbonyl (C=O) groups excluding carboxylic acids is 2. The van der Waals surface area contributed by atoms with Gasteiger partial charge >= 0.3 is 0 Å². The van der Waals surface area contributed by atoms with Crippen LogP contribution in [0.3, 0.4) is 0 Å². The van der Waals surface area contributed by atoms with Crippen LogP contribution >= 0.6 is 0 Å². The topological polar surface area (TPSA) is 49.9 Å². The fourth-order valence-electron chi connectivity index (χ4n) is 3.87. The number of carbonyl (C=O) groups is 2. The molecule has 0 radical (unpaired) electrons. The van der Waals surface area contributed by atoms with E-state index in [9.17, 15) is 9.59 Å². The molecule has 0 aromatic carbocycles. The molecular weight excluding hydrogens is 280 g/mol. The zero-order valence-corrected chi connectivity index (χ0v) is 13.7. The average molecular weight is 308 g/mol. The minimum atomic E-state index is -0.0776. The Balaban J connectivity index is 1.42. The Morgan fingerprint density at radius 2 is 2.18 bits per heavy atom. The first-order valence-corrected chi connectivity index (χ1v) is 8.81. The zero-order valence-electron chi connectivity index (χ0n) is 13.7. The molecule has 1 spiro atoms. The third-order valence-electron chi connectivity index (χ3n) is 5.31. The van der Waals surface area contributed by atoms with Gasteiger partial charge in [-0.3, -0.25) is 9.59 Å². The molecule has 3 heterocycles. The van der Waals surface area contributed by atoms with Crippen LogP contribution in [0, 0.1) is 5.92 Å². The molecular formula is C17H28N2O3. The predicted molar refractivity (Wildman–Crippen MR) is 83.3 cm³/mol. The number of piperidine rings is 1. The van der Waals surface area contributed by atoms with E-state index >= 15 is 0 Å². The van der Waals surface area contributed by atoms with Crippen molar-refractivity contribution in [3.05, 3.63) is 0 Å². The molecule has 124 valence electrons. The van der Waals surface area contributed by atoms with E-state index in [0.29, 0.717) is 24.7 Å². The van der Waals surface area contributed by atoms with Crippen LogP contribution in [0.1, 0.15) is 51.9 Å². The number of nitrogens with zero attached hydrogens (tertiary/aromatic N) is 2. The number of hydrogen-bond donors (Lipinski definition) is 0. The van der Waals surface area contributed by atoms with Gasteiger partial charge in [0.25, 0.3) is 0 Å². The van der Waals surface area contributed by atoms with Crippen molar-refractivity contribution in [3.63, 3.8) is 0 Å². The summed E-state index contributed by atoms with van der Waals surface area (Å²) in [4.78, 5) is 27.7. The Labute approximate surface area is 133 Å². The Bertz CT molecular complexity index is 422. The van der Waals surface area contributed by atoms with Gasteiger partial charge in [-0.15, -0.1) is 0 Å². The highest BCUT2D eigenvalue weighted by Crippen LogP contribution is 2.36. The summed E-state index contributed by atoms with van der Waals surface area (Å²) in [6, 6.07) is 0. The second-order valence-corrected chi connectivity index (χ2v) is 7.20. The number of amides is 2. The highest BCUT2D eigenvalue weighted by atomic mass is 16.5. The van der Waals surface area contributed by atoms with Gasteiger partial charge < -0.3 is 14.5 Å². The van der Waals surface area contributed by atoms with E-state index in [2.05, 4.69) is 0 Å². The molecule has 0 unspecified atom stereocenters. The average Bonchev–Trinajstić information content (AvgIpc) is 2.48. The Kier molecular flexibility index (Phi) is 4.71. The molecule has 1 atom stereocenters. The Morgan fingerprint density at radius 1 is 1.36 bits per heavy atom. The van der Waals surface area contributed by atoms with Crippen molar-refractivity contribution in [1.29, 1.82) is 0 Å². The monoisotopic (exact) mass is 308 g/mol. The summed E-state index contributed by atoms with van der Waals surface area (Å²) in [6.07, 6.45) is 6.59. The predicted octanol–water partition coefficient (Wildman–Crippen LogP) is 1.81. The maximum atomic E-state index is 11.9. The first-order valence-electron chi connectivity index (χ1n) is 8.81. The van der Waals surface area contributed by atoms with Crippen LogP contribution < -0.4 is 0 Å². The van der Waals surface area contributed by atoms with Gasteiger partial charge in [-0.1, -0.05) is 6.92 Å². The van der Waals surface area contributed by atoms with Crippen LogP contribution in [-0.2, 0) is 14.3 Å². The van der Waals surface area contributed by atoms with E-state index in [0.717, 1.165) is 64.9 Å². The number of rotatable bonds is 4. The van der Waals surface area contributed by atoms with Crippen LogP contribution in [0.25, 0.3) is 0 Å². The van der Waals surface area contributed by atoms with Gasteiger partial charge in [0, 0.05) is 31.8 Å². The van der Waals surface area contributed by atoms with E-state index in [-0.39, 0.29) is 11.5 Å². The molecule has 0 aromatic rings. The second kappa shape index (κ2) is 6.57. The smallest absolute Gasteiger partial charge is 0.222 e. The molecule has 22 heavy (non-hydrogen) atoms. The molecule has 0 saturated carbocycles. The van der Waals surface area contributed by atoms with Gasteiger partial charge in [0.1, 0.15) is 5.60 Å². The number of likely N-dealkylation sites (tertiary alicyclic amines) is 2. The summed E-state index contributed by atoms with van der Waals surface area (Å²) in [7, 11) is 0. The lowest BCUT2D eigenvalue weighted by molar-refractivity contribution is -0.190. The highest BCUT2D eigenvalue weighted by Gasteiger charge is 2.48. The first kappa shape index (κ1) is 15.8. The lowest BCUT2D eigenvalue weighted by atomic mass is 9.82. The molecule has 3 aliphatic rings. The van der Waals surface area contributed by atoms with Gasteiger partial charge in [0.05, 0.1) is 19.7 Å². The molecule has 2 amide bonds. The molecule has 0 aliphatic carbocycles. The number of hydrogen-bond acceptors (Lipinski definition) is 3. The molecule has 3 rings (SSSR count). The summed E-state index contributed by atoms with van der Waals surface area (Å²) >= 11 is 0. The summed E-state index contributed by atoms with van der Waals surface area (Å²) < 4.78 is 6.12. The van der Waals surface area contributed by atoms with E-state index in [1.165, 1.54) is 0 Å². The summed E-state index contributed by atoms with van der Waals surface area (Å²) in [5.74, 6) is 1.04. The quantitative estimate of drug-likeness (QED) is 0.796. The van der Waals surface area contributed by atoms with Gasteiger partial charge in [-0.25, -0.2) is 0 Å². The van der Waals surface area contributed by atoms with Crippen LogP contribution in [0.2, 0.25) is 0 Å². The fourth-order valence-corrected chi connectivity index (χ4v) is 3.87. The third kappa shape index (κ3) is 3.29. The Hall–Kier alpha value is -1.10. The molecule has 5 heteroatoms. The number of ether oxygens (including phenoxy) is 1. The van der Waals surface area contributed by atoms with Gasteiger partial charge in [-0.05, 0) is 32.1 Å². The van der Waals surface area contributed by atoms with Crippen molar-refractivity contribution in [2.75, 3.05) is 32.8 Å². The van der Waals surface area contributed by atoms with Crippen LogP contribution in [0.15, 0.2) is 0 Å². The van der Waals surface area contributed by atoms with Crippen LogP contribution in [0.5, 0.6) is 0 Å². The van der Waals surface area contributed by atoms with Crippen molar-refractivity contribution >= 4 is 11.8 Å². The van der Waals surface area contributed by atoms with Crippen molar-refractivity contribution in [2.24, 2.45) is 5.92 Å². The standard InChI is InChI=1S/C17H28N2O3/c1-2-5-15(20)19-12-17(13-19)8-7-14(11-22-17)10-18-9-4-3-6-16(18)21/h14H,2-13H2,1H3/t14-/m1/s1. The summed E-state index contributed by atoms with van der Waals surface area (Å²) in [5.41, 5.74) is -0.0776. The summed E-state index contributed by atoms with van der Waals surface area (Å²) in [5, 5.41) is 0. The Morgan fingerprint density at radius 3 is 2.82 bits per heavy atom. The second-order valence-electron chi connectivity index (χ2n) is 7.20. The zero-order chi connectivity index (χ0) is 15.6. The van der Waals surface area contributed by atoms with Crippen molar-refractivity contribution < 1.29 is 14.3 Å². The van der Waals surface area contributed by atoms with Crippen molar-refractivity contribution in [3.8, 4) is 0 Å². The molecule has 3 fully saturated rings. The minimum Gasteiger partial charge on any atom is -0.371 e. The lowest BCUT2D eigenvalue weighted by Crippen LogP contribution is -2.66. The fraction of sp³-hybridized carbons (Fsp3) is 0.882. The molecule has 5 nitrogen and oxygen atoms in total. The maximum Gasteiger partial charge on any atom is 0.222 e. The van der Waals surface area contributed by atoms with Crippen LogP contribution in [-0.4, -0.2) is 60.0 Å². The molecule has 3 saturated heterocycles. The molecule has 0 aromatic heterocycles. The lowest BCUT2D eigenvalue weighted by Gasteiger charge is -2.53. The maximum absolute atomic E-state index is 11.9. The molecule has 0 bridgehead atoms. The SMILES string of the molecule is CCCC(=O)N1CC2(CC[C@H](CN3CCCCC3=O)CO2)C1. The molecule has 3 aliphatic heterocycles. The summed E-state index contributed by atoms with van der Waals surface area (Å²) in [6.45, 7) is 6.08. The molecule has 0 N–H and O–H groups in total. The largest absolute Gasteiger partial charge is 0.371 e. The van der Waals surface area contributed by atoms with Crippen molar-refractivity contribution in [2.45, 2.75) is 57.5 Å². The first-order chi connectivity index (χ1) is 10.6. The van der Waals surface area contributed by atoms with Crippen LogP contribution in [0.4, 0.5) is 0 Å². The highest BCUT2D eigenvalue weighted by molar-refractivity contribution is 5.77. The van der Waals surface area contributed by atoms with E-state index in [1.807, 2.05) is 16.7 Å². The van der Waals surface area contributed by atoms with E-state index in [4.69, 9.17) is 4.74 Å². The third-order valence-corrected chi connectivity index (χ3v) is 5.31. The van der Waals surface area contributed by atoms with E-state index in [1.54, 1.807) is 0 Å². The van der Waals surface area contributed by atoms with Gasteiger partial charge in [0.15, 0.2) is 0 Å². The van der Waals surface area contributed by atoms with Crippen molar-refractivity contribution in [1.82, 2.24) is 9.80 Å². The minimum absolute atomic E-state index is 0.0776. The normalized spacial score (nSPS) is 27.9. The van der Waals surface area contributed by atoms with E-state index < -0.39 is 0 Å². The van der Waals surface area contributed by atoms with Gasteiger partial charge in [-0.2, -0.15) is 0 Å². The van der Waals surface area contributed by atoms with Gasteiger partial charge in [0.2, 0.25) is 11.8 Å².